The number of rotatable bonds is 5. The molecule has 0 aliphatic heterocycles. The fraction of sp³-hybridized carbons (Fsp3) is 0.267. The summed E-state index contributed by atoms with van der Waals surface area (Å²) in [6.45, 7) is 0. The molecule has 0 unspecified atom stereocenters. The zero-order valence-electron chi connectivity index (χ0n) is 10.6. The molecule has 0 saturated heterocycles. The summed E-state index contributed by atoms with van der Waals surface area (Å²) in [5, 5.41) is 0.686. The first-order chi connectivity index (χ1) is 9.61. The van der Waals surface area contributed by atoms with Crippen molar-refractivity contribution in [2.24, 2.45) is 0 Å². The SMILES string of the molecule is ClCC(CCl)(Cc1ccc(Br)cn1)c1ccccc1Cl. The number of hydrogen-bond donors (Lipinski definition) is 0. The Morgan fingerprint density at radius 2 is 1.75 bits per heavy atom. The Morgan fingerprint density at radius 1 is 1.05 bits per heavy atom. The molecule has 0 fully saturated rings. The Balaban J connectivity index is 2.39. The van der Waals surface area contributed by atoms with E-state index in [-0.39, 0.29) is 0 Å². The maximum absolute atomic E-state index is 6.31. The Bertz CT molecular complexity index is 568. The van der Waals surface area contributed by atoms with E-state index in [4.69, 9.17) is 34.8 Å². The highest BCUT2D eigenvalue weighted by Crippen LogP contribution is 2.35. The second-order valence-corrected chi connectivity index (χ2v) is 6.53. The molecular formula is C15H13BrCl3N. The summed E-state index contributed by atoms with van der Waals surface area (Å²) in [4.78, 5) is 4.41. The summed E-state index contributed by atoms with van der Waals surface area (Å²) in [5.41, 5.74) is 1.49. The quantitative estimate of drug-likeness (QED) is 0.615. The summed E-state index contributed by atoms with van der Waals surface area (Å²) in [5.74, 6) is 0.774. The van der Waals surface area contributed by atoms with Crippen LogP contribution in [0, 0.1) is 0 Å². The van der Waals surface area contributed by atoms with E-state index in [0.29, 0.717) is 23.2 Å². The summed E-state index contributed by atoms with van der Waals surface area (Å²) < 4.78 is 0.946. The minimum Gasteiger partial charge on any atom is -0.260 e. The third-order valence-corrected chi connectivity index (χ3v) is 5.09. The molecule has 2 aromatic rings. The van der Waals surface area contributed by atoms with Crippen LogP contribution in [-0.2, 0) is 11.8 Å². The van der Waals surface area contributed by atoms with Gasteiger partial charge in [-0.2, -0.15) is 0 Å². The van der Waals surface area contributed by atoms with Gasteiger partial charge in [0, 0.05) is 45.0 Å². The van der Waals surface area contributed by atoms with Crippen molar-refractivity contribution in [2.75, 3.05) is 11.8 Å². The van der Waals surface area contributed by atoms with E-state index in [0.717, 1.165) is 15.7 Å². The van der Waals surface area contributed by atoms with Crippen molar-refractivity contribution in [1.82, 2.24) is 4.98 Å². The predicted octanol–water partition coefficient (Wildman–Crippen LogP) is 5.46. The molecule has 1 heterocycles. The van der Waals surface area contributed by atoms with Crippen LogP contribution in [0.25, 0.3) is 0 Å². The molecule has 0 radical (unpaired) electrons. The molecular weight excluding hydrogens is 380 g/mol. The van der Waals surface area contributed by atoms with Gasteiger partial charge in [-0.15, -0.1) is 23.2 Å². The second-order valence-electron chi connectivity index (χ2n) is 4.67. The van der Waals surface area contributed by atoms with Crippen LogP contribution in [0.5, 0.6) is 0 Å². The lowest BCUT2D eigenvalue weighted by atomic mass is 9.80. The minimum atomic E-state index is -0.414. The van der Waals surface area contributed by atoms with Gasteiger partial charge in [0.05, 0.1) is 0 Å². The van der Waals surface area contributed by atoms with E-state index in [1.54, 1.807) is 6.20 Å². The normalized spacial score (nSPS) is 11.6. The maximum atomic E-state index is 6.31. The molecule has 0 N–H and O–H groups in total. The van der Waals surface area contributed by atoms with E-state index in [2.05, 4.69) is 20.9 Å². The van der Waals surface area contributed by atoms with Crippen LogP contribution in [0.2, 0.25) is 5.02 Å². The van der Waals surface area contributed by atoms with Crippen LogP contribution >= 0.6 is 50.7 Å². The Hall–Kier alpha value is -0.280. The first-order valence-electron chi connectivity index (χ1n) is 6.09. The lowest BCUT2D eigenvalue weighted by Crippen LogP contribution is -2.34. The van der Waals surface area contributed by atoms with Crippen LogP contribution in [0.3, 0.4) is 0 Å². The van der Waals surface area contributed by atoms with Gasteiger partial charge in [-0.3, -0.25) is 4.98 Å². The molecule has 0 atom stereocenters. The van der Waals surface area contributed by atoms with Crippen molar-refractivity contribution in [3.05, 3.63) is 63.3 Å². The molecule has 0 spiro atoms. The first kappa shape index (κ1) is 16.1. The van der Waals surface area contributed by atoms with Crippen LogP contribution in [0.1, 0.15) is 11.3 Å². The highest BCUT2D eigenvalue weighted by molar-refractivity contribution is 9.10. The molecule has 106 valence electrons. The molecule has 20 heavy (non-hydrogen) atoms. The third-order valence-electron chi connectivity index (χ3n) is 3.26. The van der Waals surface area contributed by atoms with Gasteiger partial charge in [0.25, 0.3) is 0 Å². The summed E-state index contributed by atoms with van der Waals surface area (Å²) in [6, 6.07) is 11.6. The molecule has 0 saturated carbocycles. The topological polar surface area (TPSA) is 12.9 Å². The summed E-state index contributed by atoms with van der Waals surface area (Å²) in [7, 11) is 0. The summed E-state index contributed by atoms with van der Waals surface area (Å²) >= 11 is 22.2. The van der Waals surface area contributed by atoms with Crippen molar-refractivity contribution in [1.29, 1.82) is 0 Å². The van der Waals surface area contributed by atoms with E-state index in [9.17, 15) is 0 Å². The molecule has 2 rings (SSSR count). The molecule has 1 aromatic heterocycles. The van der Waals surface area contributed by atoms with Crippen LogP contribution in [0.15, 0.2) is 47.1 Å². The Morgan fingerprint density at radius 3 is 2.30 bits per heavy atom. The average molecular weight is 394 g/mol. The van der Waals surface area contributed by atoms with Crippen molar-refractivity contribution in [2.45, 2.75) is 11.8 Å². The number of pyridine rings is 1. The molecule has 1 nitrogen and oxygen atoms in total. The predicted molar refractivity (Wildman–Crippen MR) is 90.2 cm³/mol. The van der Waals surface area contributed by atoms with Crippen molar-refractivity contribution < 1.29 is 0 Å². The average Bonchev–Trinajstić information content (AvgIpc) is 2.48. The van der Waals surface area contributed by atoms with Crippen molar-refractivity contribution in [3.8, 4) is 0 Å². The van der Waals surface area contributed by atoms with Crippen molar-refractivity contribution in [3.63, 3.8) is 0 Å². The third kappa shape index (κ3) is 3.48. The number of alkyl halides is 2. The van der Waals surface area contributed by atoms with E-state index >= 15 is 0 Å². The smallest absolute Gasteiger partial charge is 0.0444 e. The van der Waals surface area contributed by atoms with E-state index < -0.39 is 5.41 Å². The zero-order valence-corrected chi connectivity index (χ0v) is 14.5. The first-order valence-corrected chi connectivity index (χ1v) is 8.33. The highest BCUT2D eigenvalue weighted by atomic mass is 79.9. The molecule has 0 amide bonds. The molecule has 0 aliphatic rings. The molecule has 1 aromatic carbocycles. The maximum Gasteiger partial charge on any atom is 0.0444 e. The summed E-state index contributed by atoms with van der Waals surface area (Å²) in [6.07, 6.45) is 2.42. The molecule has 0 aliphatic carbocycles. The van der Waals surface area contributed by atoms with Crippen LogP contribution < -0.4 is 0 Å². The van der Waals surface area contributed by atoms with Gasteiger partial charge in [0.2, 0.25) is 0 Å². The number of halogens is 4. The largest absolute Gasteiger partial charge is 0.260 e. The number of aromatic nitrogens is 1. The van der Waals surface area contributed by atoms with Crippen molar-refractivity contribution >= 4 is 50.7 Å². The number of benzene rings is 1. The minimum absolute atomic E-state index is 0.387. The monoisotopic (exact) mass is 391 g/mol. The van der Waals surface area contributed by atoms with Gasteiger partial charge < -0.3 is 0 Å². The van der Waals surface area contributed by atoms with Gasteiger partial charge in [0.15, 0.2) is 0 Å². The van der Waals surface area contributed by atoms with Crippen LogP contribution in [0.4, 0.5) is 0 Å². The molecule has 0 bridgehead atoms. The highest BCUT2D eigenvalue weighted by Gasteiger charge is 2.33. The van der Waals surface area contributed by atoms with E-state index in [1.807, 2.05) is 36.4 Å². The van der Waals surface area contributed by atoms with Crippen LogP contribution in [-0.4, -0.2) is 16.7 Å². The second kappa shape index (κ2) is 7.13. The lowest BCUT2D eigenvalue weighted by Gasteiger charge is -2.30. The number of nitrogens with zero attached hydrogens (tertiary/aromatic N) is 1. The lowest BCUT2D eigenvalue weighted by molar-refractivity contribution is 0.529. The fourth-order valence-corrected chi connectivity index (χ4v) is 3.45. The Kier molecular flexibility index (Phi) is 5.74. The van der Waals surface area contributed by atoms with E-state index in [1.165, 1.54) is 0 Å². The zero-order chi connectivity index (χ0) is 14.6. The fourth-order valence-electron chi connectivity index (χ4n) is 2.12. The Labute approximate surface area is 142 Å². The molecule has 5 heteroatoms. The van der Waals surface area contributed by atoms with Gasteiger partial charge in [-0.1, -0.05) is 29.8 Å². The van der Waals surface area contributed by atoms with Gasteiger partial charge in [-0.25, -0.2) is 0 Å². The van der Waals surface area contributed by atoms with Gasteiger partial charge in [0.1, 0.15) is 0 Å². The standard InChI is InChI=1S/C15H13BrCl3N/c16-11-5-6-12(20-8-11)7-15(9-17,10-18)13-3-1-2-4-14(13)19/h1-6,8H,7,9-10H2. The van der Waals surface area contributed by atoms with Gasteiger partial charge in [-0.05, 0) is 39.7 Å². The van der Waals surface area contributed by atoms with Gasteiger partial charge >= 0.3 is 0 Å². The number of hydrogen-bond acceptors (Lipinski definition) is 1.